The highest BCUT2D eigenvalue weighted by atomic mass is 32.2. The molecule has 0 saturated carbocycles. The number of carbonyl (C=O) groups is 1. The van der Waals surface area contributed by atoms with Gasteiger partial charge in [-0.25, -0.2) is 0 Å². The molecule has 0 aromatic rings. The van der Waals surface area contributed by atoms with Crippen molar-refractivity contribution in [3.8, 4) is 0 Å². The average molecular weight is 263 g/mol. The lowest BCUT2D eigenvalue weighted by atomic mass is 10.2. The van der Waals surface area contributed by atoms with Gasteiger partial charge in [0.2, 0.25) is 0 Å². The van der Waals surface area contributed by atoms with Crippen molar-refractivity contribution in [1.82, 2.24) is 4.90 Å². The molecule has 0 aromatic heterocycles. The molecule has 0 bridgehead atoms. The van der Waals surface area contributed by atoms with Gasteiger partial charge in [-0.05, 0) is 0 Å². The normalized spacial score (nSPS) is 21.6. The Balaban J connectivity index is 2.20. The third-order valence-electron chi connectivity index (χ3n) is 2.71. The van der Waals surface area contributed by atoms with Crippen LogP contribution in [0.25, 0.3) is 0 Å². The molecule has 1 rings (SSSR count). The zero-order chi connectivity index (χ0) is 12.5. The van der Waals surface area contributed by atoms with E-state index >= 15 is 0 Å². The van der Waals surface area contributed by atoms with Gasteiger partial charge in [-0.15, -0.1) is 0 Å². The number of hydrogen-bond donors (Lipinski definition) is 1. The van der Waals surface area contributed by atoms with Crippen LogP contribution in [0.3, 0.4) is 0 Å². The molecule has 0 spiro atoms. The van der Waals surface area contributed by atoms with Crippen molar-refractivity contribution in [2.45, 2.75) is 12.5 Å². The first kappa shape index (κ1) is 14.8. The number of carboxylic acids is 1. The third kappa shape index (κ3) is 6.26. The summed E-state index contributed by atoms with van der Waals surface area (Å²) < 4.78 is 10.3. The molecule has 1 aliphatic rings. The molecule has 1 aliphatic heterocycles. The fraction of sp³-hybridized carbons (Fsp3) is 0.909. The Morgan fingerprint density at radius 1 is 1.47 bits per heavy atom. The maximum absolute atomic E-state index is 10.7. The van der Waals surface area contributed by atoms with E-state index in [1.165, 1.54) is 0 Å². The number of thioether (sulfide) groups is 1. The predicted octanol–water partition coefficient (Wildman–Crippen LogP) is 0.542. The topological polar surface area (TPSA) is 59.0 Å². The molecule has 6 heteroatoms. The van der Waals surface area contributed by atoms with E-state index in [-0.39, 0.29) is 12.5 Å². The third-order valence-corrected chi connectivity index (χ3v) is 3.81. The Labute approximate surface area is 106 Å². The molecule has 100 valence electrons. The fourth-order valence-electron chi connectivity index (χ4n) is 1.80. The largest absolute Gasteiger partial charge is 0.481 e. The maximum Gasteiger partial charge on any atom is 0.304 e. The van der Waals surface area contributed by atoms with Crippen molar-refractivity contribution in [1.29, 1.82) is 0 Å². The second-order valence-electron chi connectivity index (χ2n) is 3.97. The molecule has 0 aromatic carbocycles. The predicted molar refractivity (Wildman–Crippen MR) is 67.6 cm³/mol. The summed E-state index contributed by atoms with van der Waals surface area (Å²) in [6.45, 7) is 3.61. The molecule has 1 heterocycles. The first-order valence-electron chi connectivity index (χ1n) is 5.84. The Morgan fingerprint density at radius 2 is 2.29 bits per heavy atom. The molecule has 1 N–H and O–H groups in total. The summed E-state index contributed by atoms with van der Waals surface area (Å²) in [4.78, 5) is 13.0. The molecule has 1 fully saturated rings. The van der Waals surface area contributed by atoms with Gasteiger partial charge in [-0.3, -0.25) is 9.69 Å². The summed E-state index contributed by atoms with van der Waals surface area (Å²) in [5, 5.41) is 8.84. The van der Waals surface area contributed by atoms with Crippen molar-refractivity contribution in [3.05, 3.63) is 0 Å². The minimum absolute atomic E-state index is 0.150. The summed E-state index contributed by atoms with van der Waals surface area (Å²) >= 11 is 1.83. The van der Waals surface area contributed by atoms with E-state index in [0.29, 0.717) is 19.8 Å². The lowest BCUT2D eigenvalue weighted by molar-refractivity contribution is -0.138. The van der Waals surface area contributed by atoms with E-state index < -0.39 is 5.97 Å². The molecule has 1 atom stereocenters. The molecule has 1 saturated heterocycles. The molecule has 0 radical (unpaired) electrons. The highest BCUT2D eigenvalue weighted by Crippen LogP contribution is 2.18. The van der Waals surface area contributed by atoms with E-state index in [9.17, 15) is 4.79 Å². The van der Waals surface area contributed by atoms with E-state index in [1.807, 2.05) is 11.8 Å². The van der Waals surface area contributed by atoms with Crippen LogP contribution in [0.2, 0.25) is 0 Å². The number of aliphatic carboxylic acids is 1. The van der Waals surface area contributed by atoms with Gasteiger partial charge in [0.1, 0.15) is 0 Å². The van der Waals surface area contributed by atoms with Crippen LogP contribution in [0, 0.1) is 0 Å². The van der Waals surface area contributed by atoms with Gasteiger partial charge in [0.15, 0.2) is 0 Å². The van der Waals surface area contributed by atoms with Crippen LogP contribution < -0.4 is 0 Å². The van der Waals surface area contributed by atoms with Gasteiger partial charge in [0, 0.05) is 37.7 Å². The van der Waals surface area contributed by atoms with Crippen LogP contribution in [0.4, 0.5) is 0 Å². The Bertz CT molecular complexity index is 228. The zero-order valence-corrected chi connectivity index (χ0v) is 11.1. The van der Waals surface area contributed by atoms with E-state index in [2.05, 4.69) is 4.90 Å². The minimum Gasteiger partial charge on any atom is -0.481 e. The average Bonchev–Trinajstić information content (AvgIpc) is 2.30. The molecule has 17 heavy (non-hydrogen) atoms. The summed E-state index contributed by atoms with van der Waals surface area (Å²) in [6.07, 6.45) is 0.227. The van der Waals surface area contributed by atoms with Crippen molar-refractivity contribution in [2.75, 3.05) is 51.5 Å². The standard InChI is InChI=1S/C11H21NO4S/c1-15-5-6-16-4-2-12-3-7-17-9-10(12)8-11(13)14/h10H,2-9H2,1H3,(H,13,14). The van der Waals surface area contributed by atoms with Crippen molar-refractivity contribution < 1.29 is 19.4 Å². The molecule has 1 unspecified atom stereocenters. The van der Waals surface area contributed by atoms with Crippen LogP contribution in [0.5, 0.6) is 0 Å². The number of carboxylic acid groups (broad SMARTS) is 1. The van der Waals surface area contributed by atoms with E-state index in [4.69, 9.17) is 14.6 Å². The highest BCUT2D eigenvalue weighted by molar-refractivity contribution is 7.99. The Hall–Kier alpha value is -0.300. The van der Waals surface area contributed by atoms with Gasteiger partial charge in [0.05, 0.1) is 26.2 Å². The number of ether oxygens (including phenoxy) is 2. The second-order valence-corrected chi connectivity index (χ2v) is 5.12. The van der Waals surface area contributed by atoms with Crippen molar-refractivity contribution in [3.63, 3.8) is 0 Å². The molecule has 0 amide bonds. The van der Waals surface area contributed by atoms with Gasteiger partial charge >= 0.3 is 5.97 Å². The quantitative estimate of drug-likeness (QED) is 0.645. The van der Waals surface area contributed by atoms with Gasteiger partial charge in [-0.2, -0.15) is 11.8 Å². The number of methoxy groups -OCH3 is 1. The van der Waals surface area contributed by atoms with Crippen LogP contribution in [-0.2, 0) is 14.3 Å². The summed E-state index contributed by atoms with van der Waals surface area (Å²) in [7, 11) is 1.65. The lowest BCUT2D eigenvalue weighted by Crippen LogP contribution is -2.45. The van der Waals surface area contributed by atoms with Gasteiger partial charge in [0.25, 0.3) is 0 Å². The maximum atomic E-state index is 10.7. The van der Waals surface area contributed by atoms with Crippen LogP contribution in [0.15, 0.2) is 0 Å². The highest BCUT2D eigenvalue weighted by Gasteiger charge is 2.24. The summed E-state index contributed by atoms with van der Waals surface area (Å²) in [5.74, 6) is 1.27. The van der Waals surface area contributed by atoms with Gasteiger partial charge in [-0.1, -0.05) is 0 Å². The smallest absolute Gasteiger partial charge is 0.304 e. The molecular weight excluding hydrogens is 242 g/mol. The van der Waals surface area contributed by atoms with E-state index in [1.54, 1.807) is 7.11 Å². The summed E-state index contributed by atoms with van der Waals surface area (Å²) in [5.41, 5.74) is 0. The molecule has 5 nitrogen and oxygen atoms in total. The number of nitrogens with zero attached hydrogens (tertiary/aromatic N) is 1. The number of rotatable bonds is 8. The number of hydrogen-bond acceptors (Lipinski definition) is 5. The lowest BCUT2D eigenvalue weighted by Gasteiger charge is -2.34. The Morgan fingerprint density at radius 3 is 3.00 bits per heavy atom. The first-order chi connectivity index (χ1) is 8.24. The second kappa shape index (κ2) is 8.74. The van der Waals surface area contributed by atoms with Crippen LogP contribution in [-0.4, -0.2) is 73.5 Å². The molecule has 0 aliphatic carbocycles. The van der Waals surface area contributed by atoms with E-state index in [0.717, 1.165) is 24.6 Å². The van der Waals surface area contributed by atoms with Gasteiger partial charge < -0.3 is 14.6 Å². The SMILES string of the molecule is COCCOCCN1CCSCC1CC(=O)O. The minimum atomic E-state index is -0.720. The monoisotopic (exact) mass is 263 g/mol. The fourth-order valence-corrected chi connectivity index (χ4v) is 2.93. The van der Waals surface area contributed by atoms with Crippen molar-refractivity contribution >= 4 is 17.7 Å². The molecular formula is C11H21NO4S. The first-order valence-corrected chi connectivity index (χ1v) is 6.99. The Kier molecular flexibility index (Phi) is 7.59. The van der Waals surface area contributed by atoms with Crippen LogP contribution >= 0.6 is 11.8 Å². The summed E-state index contributed by atoms with van der Waals surface area (Å²) in [6, 6.07) is 0.150. The van der Waals surface area contributed by atoms with Crippen LogP contribution in [0.1, 0.15) is 6.42 Å². The zero-order valence-electron chi connectivity index (χ0n) is 10.3. The van der Waals surface area contributed by atoms with Crippen molar-refractivity contribution in [2.24, 2.45) is 0 Å².